The molecule has 6 nitrogen and oxygen atoms in total. The summed E-state index contributed by atoms with van der Waals surface area (Å²) in [6.07, 6.45) is 0. The maximum absolute atomic E-state index is 12.1. The highest BCUT2D eigenvalue weighted by molar-refractivity contribution is 6.33. The third-order valence-electron chi connectivity index (χ3n) is 3.04. The minimum absolute atomic E-state index is 0.00169. The van der Waals surface area contributed by atoms with E-state index in [2.05, 4.69) is 15.5 Å². The van der Waals surface area contributed by atoms with Crippen molar-refractivity contribution in [2.45, 2.75) is 13.8 Å². The van der Waals surface area contributed by atoms with Crippen LogP contribution in [0.15, 0.2) is 39.2 Å². The molecule has 0 aliphatic heterocycles. The van der Waals surface area contributed by atoms with Crippen LogP contribution < -0.4 is 5.32 Å². The Morgan fingerprint density at radius 1 is 1.18 bits per heavy atom. The lowest BCUT2D eigenvalue weighted by molar-refractivity contribution is 0.102. The Labute approximate surface area is 131 Å². The fourth-order valence-corrected chi connectivity index (χ4v) is 2.25. The van der Waals surface area contributed by atoms with Crippen molar-refractivity contribution in [1.82, 2.24) is 10.2 Å². The first kappa shape index (κ1) is 14.3. The van der Waals surface area contributed by atoms with Crippen molar-refractivity contribution >= 4 is 23.5 Å². The molecule has 0 saturated heterocycles. The highest BCUT2D eigenvalue weighted by Gasteiger charge is 2.17. The number of aromatic nitrogens is 2. The molecule has 0 bridgehead atoms. The lowest BCUT2D eigenvalue weighted by Gasteiger charge is -1.99. The summed E-state index contributed by atoms with van der Waals surface area (Å²) in [6.45, 7) is 3.48. The molecule has 3 rings (SSSR count). The molecule has 0 radical (unpaired) electrons. The van der Waals surface area contributed by atoms with Gasteiger partial charge in [-0.05, 0) is 32.0 Å². The van der Waals surface area contributed by atoms with E-state index in [9.17, 15) is 4.79 Å². The van der Waals surface area contributed by atoms with Crippen LogP contribution in [0, 0.1) is 13.8 Å². The van der Waals surface area contributed by atoms with Crippen molar-refractivity contribution in [3.05, 3.63) is 52.4 Å². The Balaban J connectivity index is 1.82. The summed E-state index contributed by atoms with van der Waals surface area (Å²) in [5, 5.41) is 10.7. The SMILES string of the molecule is Cc1cc(C(=O)Nc2nnc(-c3ccccc3Cl)o2)c(C)o1. The first-order valence-electron chi connectivity index (χ1n) is 6.51. The fraction of sp³-hybridized carbons (Fsp3) is 0.133. The zero-order valence-corrected chi connectivity index (χ0v) is 12.6. The molecule has 1 N–H and O–H groups in total. The maximum atomic E-state index is 12.1. The van der Waals surface area contributed by atoms with Gasteiger partial charge in [-0.3, -0.25) is 10.1 Å². The van der Waals surface area contributed by atoms with E-state index >= 15 is 0 Å². The molecule has 1 amide bonds. The second kappa shape index (κ2) is 5.65. The van der Waals surface area contributed by atoms with Gasteiger partial charge in [0.1, 0.15) is 11.5 Å². The van der Waals surface area contributed by atoms with Crippen LogP contribution in [0.5, 0.6) is 0 Å². The van der Waals surface area contributed by atoms with E-state index in [0.717, 1.165) is 0 Å². The monoisotopic (exact) mass is 317 g/mol. The van der Waals surface area contributed by atoms with Crippen LogP contribution in [-0.4, -0.2) is 16.1 Å². The predicted molar refractivity (Wildman–Crippen MR) is 80.9 cm³/mol. The Bertz CT molecular complexity index is 838. The van der Waals surface area contributed by atoms with Crippen LogP contribution >= 0.6 is 11.6 Å². The number of amides is 1. The zero-order valence-electron chi connectivity index (χ0n) is 11.9. The van der Waals surface area contributed by atoms with Crippen LogP contribution in [0.25, 0.3) is 11.5 Å². The topological polar surface area (TPSA) is 81.2 Å². The van der Waals surface area contributed by atoms with Crippen LogP contribution in [0.4, 0.5) is 6.01 Å². The van der Waals surface area contributed by atoms with Gasteiger partial charge in [0.05, 0.1) is 16.1 Å². The minimum atomic E-state index is -0.372. The van der Waals surface area contributed by atoms with Crippen molar-refractivity contribution in [1.29, 1.82) is 0 Å². The van der Waals surface area contributed by atoms with Gasteiger partial charge in [0, 0.05) is 0 Å². The number of nitrogens with zero attached hydrogens (tertiary/aromatic N) is 2. The van der Waals surface area contributed by atoms with Gasteiger partial charge in [-0.15, -0.1) is 5.10 Å². The lowest BCUT2D eigenvalue weighted by atomic mass is 10.2. The van der Waals surface area contributed by atoms with Crippen molar-refractivity contribution in [3.63, 3.8) is 0 Å². The summed E-state index contributed by atoms with van der Waals surface area (Å²) < 4.78 is 10.7. The van der Waals surface area contributed by atoms with Gasteiger partial charge in [0.15, 0.2) is 0 Å². The van der Waals surface area contributed by atoms with Gasteiger partial charge in [-0.1, -0.05) is 28.8 Å². The molecule has 0 aliphatic carbocycles. The van der Waals surface area contributed by atoms with E-state index in [-0.39, 0.29) is 17.8 Å². The normalized spacial score (nSPS) is 10.7. The van der Waals surface area contributed by atoms with Crippen molar-refractivity contribution < 1.29 is 13.6 Å². The number of carbonyl (C=O) groups excluding carboxylic acids is 1. The van der Waals surface area contributed by atoms with E-state index in [1.54, 1.807) is 44.2 Å². The number of nitrogens with one attached hydrogen (secondary N) is 1. The maximum Gasteiger partial charge on any atom is 0.322 e. The van der Waals surface area contributed by atoms with Crippen molar-refractivity contribution in [2.75, 3.05) is 5.32 Å². The molecule has 1 aromatic carbocycles. The number of carbonyl (C=O) groups is 1. The average molecular weight is 318 g/mol. The van der Waals surface area contributed by atoms with E-state index in [4.69, 9.17) is 20.4 Å². The number of anilines is 1. The standard InChI is InChI=1S/C15H12ClN3O3/c1-8-7-11(9(2)21-8)13(20)17-15-19-18-14(22-15)10-5-3-4-6-12(10)16/h3-7H,1-2H3,(H,17,19,20). The highest BCUT2D eigenvalue weighted by Crippen LogP contribution is 2.27. The predicted octanol–water partition coefficient (Wildman–Crippen LogP) is 3.85. The molecule has 22 heavy (non-hydrogen) atoms. The molecule has 0 fully saturated rings. The summed E-state index contributed by atoms with van der Waals surface area (Å²) in [5.74, 6) is 1.05. The molecule has 0 saturated carbocycles. The Morgan fingerprint density at radius 3 is 2.64 bits per heavy atom. The molecule has 112 valence electrons. The number of benzene rings is 1. The van der Waals surface area contributed by atoms with Gasteiger partial charge in [0.2, 0.25) is 0 Å². The van der Waals surface area contributed by atoms with E-state index in [1.165, 1.54) is 0 Å². The second-order valence-corrected chi connectivity index (χ2v) is 5.08. The first-order valence-corrected chi connectivity index (χ1v) is 6.89. The fourth-order valence-electron chi connectivity index (χ4n) is 2.04. The molecular weight excluding hydrogens is 306 g/mol. The van der Waals surface area contributed by atoms with Crippen LogP contribution in [0.3, 0.4) is 0 Å². The largest absolute Gasteiger partial charge is 0.466 e. The minimum Gasteiger partial charge on any atom is -0.466 e. The van der Waals surface area contributed by atoms with Crippen LogP contribution in [-0.2, 0) is 0 Å². The van der Waals surface area contributed by atoms with Gasteiger partial charge in [0.25, 0.3) is 11.8 Å². The van der Waals surface area contributed by atoms with E-state index in [1.807, 2.05) is 0 Å². The molecule has 7 heteroatoms. The highest BCUT2D eigenvalue weighted by atomic mass is 35.5. The summed E-state index contributed by atoms with van der Waals surface area (Å²) in [6, 6.07) is 8.73. The molecule has 3 aromatic rings. The number of hydrogen-bond donors (Lipinski definition) is 1. The molecule has 0 unspecified atom stereocenters. The summed E-state index contributed by atoms with van der Waals surface area (Å²) in [5.41, 5.74) is 1.03. The van der Waals surface area contributed by atoms with Crippen LogP contribution in [0.1, 0.15) is 21.9 Å². The third-order valence-corrected chi connectivity index (χ3v) is 3.36. The number of aryl methyl sites for hydroxylation is 2. The number of halogens is 1. The van der Waals surface area contributed by atoms with E-state index in [0.29, 0.717) is 27.7 Å². The Hall–Kier alpha value is -2.60. The molecule has 0 aliphatic rings. The first-order chi connectivity index (χ1) is 10.5. The Kier molecular flexibility index (Phi) is 3.68. The molecular formula is C15H12ClN3O3. The number of hydrogen-bond acceptors (Lipinski definition) is 5. The average Bonchev–Trinajstić information content (AvgIpc) is 3.06. The summed E-state index contributed by atoms with van der Waals surface area (Å²) >= 11 is 6.07. The van der Waals surface area contributed by atoms with Gasteiger partial charge in [-0.25, -0.2) is 0 Å². The van der Waals surface area contributed by atoms with Gasteiger partial charge >= 0.3 is 6.01 Å². The number of rotatable bonds is 3. The molecule has 0 atom stereocenters. The summed E-state index contributed by atoms with van der Waals surface area (Å²) in [4.78, 5) is 12.1. The number of furan rings is 1. The summed E-state index contributed by atoms with van der Waals surface area (Å²) in [7, 11) is 0. The molecule has 2 heterocycles. The zero-order chi connectivity index (χ0) is 15.7. The van der Waals surface area contributed by atoms with Gasteiger partial charge < -0.3 is 8.83 Å². The Morgan fingerprint density at radius 2 is 1.95 bits per heavy atom. The smallest absolute Gasteiger partial charge is 0.322 e. The lowest BCUT2D eigenvalue weighted by Crippen LogP contribution is -2.12. The quantitative estimate of drug-likeness (QED) is 0.793. The van der Waals surface area contributed by atoms with Crippen molar-refractivity contribution in [3.8, 4) is 11.5 Å². The molecule has 2 aromatic heterocycles. The van der Waals surface area contributed by atoms with Gasteiger partial charge in [-0.2, -0.15) is 0 Å². The second-order valence-electron chi connectivity index (χ2n) is 4.67. The van der Waals surface area contributed by atoms with E-state index < -0.39 is 0 Å². The third kappa shape index (κ3) is 2.73. The van der Waals surface area contributed by atoms with Crippen LogP contribution in [0.2, 0.25) is 5.02 Å². The molecule has 0 spiro atoms. The van der Waals surface area contributed by atoms with Crippen molar-refractivity contribution in [2.24, 2.45) is 0 Å².